The lowest BCUT2D eigenvalue weighted by Gasteiger charge is -2.51. The van der Waals surface area contributed by atoms with Crippen LogP contribution in [0, 0.1) is 10.8 Å². The molecule has 4 heteroatoms. The molecular weight excluding hydrogens is 242 g/mol. The zero-order valence-electron chi connectivity index (χ0n) is 11.5. The topological polar surface area (TPSA) is 57.6 Å². The highest BCUT2D eigenvalue weighted by atomic mass is 16.4. The summed E-state index contributed by atoms with van der Waals surface area (Å²) in [6.45, 7) is 1.81. The highest BCUT2D eigenvalue weighted by molar-refractivity contribution is 5.85. The Kier molecular flexibility index (Phi) is 3.06. The Balaban J connectivity index is 1.73. The van der Waals surface area contributed by atoms with Gasteiger partial charge < -0.3 is 10.0 Å². The van der Waals surface area contributed by atoms with Crippen molar-refractivity contribution in [3.05, 3.63) is 0 Å². The summed E-state index contributed by atoms with van der Waals surface area (Å²) in [6.07, 6.45) is 7.93. The van der Waals surface area contributed by atoms with Gasteiger partial charge in [-0.25, -0.2) is 0 Å². The smallest absolute Gasteiger partial charge is 0.309 e. The molecule has 106 valence electrons. The van der Waals surface area contributed by atoms with Gasteiger partial charge in [0.2, 0.25) is 5.91 Å². The van der Waals surface area contributed by atoms with E-state index in [2.05, 4.69) is 0 Å². The molecule has 0 atom stereocenters. The fourth-order valence-electron chi connectivity index (χ4n) is 4.26. The molecule has 0 aromatic rings. The van der Waals surface area contributed by atoms with E-state index in [4.69, 9.17) is 0 Å². The lowest BCUT2D eigenvalue weighted by atomic mass is 9.53. The summed E-state index contributed by atoms with van der Waals surface area (Å²) >= 11 is 0. The van der Waals surface area contributed by atoms with E-state index in [0.29, 0.717) is 25.2 Å². The molecule has 1 heterocycles. The second kappa shape index (κ2) is 4.50. The Bertz CT molecular complexity index is 374. The fourth-order valence-corrected chi connectivity index (χ4v) is 4.26. The summed E-state index contributed by atoms with van der Waals surface area (Å²) in [5.74, 6) is -0.322. The van der Waals surface area contributed by atoms with Crippen molar-refractivity contribution in [3.63, 3.8) is 0 Å². The third-order valence-electron chi connectivity index (χ3n) is 5.80. The molecule has 3 saturated carbocycles. The quantitative estimate of drug-likeness (QED) is 0.834. The molecule has 1 saturated heterocycles. The van der Waals surface area contributed by atoms with E-state index in [9.17, 15) is 14.7 Å². The molecule has 0 radical (unpaired) electrons. The minimum Gasteiger partial charge on any atom is -0.481 e. The number of likely N-dealkylation sites (tertiary alicyclic amines) is 1. The number of carboxylic acid groups (broad SMARTS) is 1. The number of carbonyl (C=O) groups excluding carboxylic acids is 1. The van der Waals surface area contributed by atoms with Gasteiger partial charge in [-0.1, -0.05) is 0 Å². The van der Waals surface area contributed by atoms with Gasteiger partial charge in [-0.15, -0.1) is 0 Å². The van der Waals surface area contributed by atoms with E-state index in [1.165, 1.54) is 6.42 Å². The van der Waals surface area contributed by atoms with Crippen LogP contribution in [0.4, 0.5) is 0 Å². The summed E-state index contributed by atoms with van der Waals surface area (Å²) in [7, 11) is 0. The number of nitrogens with zero attached hydrogens (tertiary/aromatic N) is 1. The van der Waals surface area contributed by atoms with Crippen molar-refractivity contribution in [2.45, 2.75) is 57.8 Å². The molecule has 1 amide bonds. The standard InChI is InChI=1S/C15H23NO3/c17-12(16-10-2-1-3-11-16)14-4-7-15(8-5-14,9-6-14)13(18)19/h1-11H2,(H,18,19). The molecule has 0 spiro atoms. The lowest BCUT2D eigenvalue weighted by Crippen LogP contribution is -2.54. The highest BCUT2D eigenvalue weighted by Crippen LogP contribution is 2.57. The first-order valence-corrected chi connectivity index (χ1v) is 7.61. The van der Waals surface area contributed by atoms with E-state index in [0.717, 1.165) is 45.2 Å². The maximum atomic E-state index is 12.8. The SMILES string of the molecule is O=C(O)C12CCC(C(=O)N3CCCCC3)(CC1)CC2. The van der Waals surface area contributed by atoms with E-state index < -0.39 is 11.4 Å². The molecule has 1 N–H and O–H groups in total. The zero-order chi connectivity index (χ0) is 13.5. The van der Waals surface area contributed by atoms with Crippen molar-refractivity contribution in [1.29, 1.82) is 0 Å². The van der Waals surface area contributed by atoms with E-state index in [1.807, 2.05) is 4.90 Å². The van der Waals surface area contributed by atoms with Crippen LogP contribution in [0.3, 0.4) is 0 Å². The van der Waals surface area contributed by atoms with Crippen LogP contribution in [-0.4, -0.2) is 35.0 Å². The second-order valence-corrected chi connectivity index (χ2v) is 6.72. The third kappa shape index (κ3) is 1.96. The van der Waals surface area contributed by atoms with Gasteiger partial charge in [0.05, 0.1) is 5.41 Å². The van der Waals surface area contributed by atoms with Crippen LogP contribution in [0.1, 0.15) is 57.8 Å². The van der Waals surface area contributed by atoms with Gasteiger partial charge in [-0.2, -0.15) is 0 Å². The number of rotatable bonds is 2. The van der Waals surface area contributed by atoms with Crippen molar-refractivity contribution < 1.29 is 14.7 Å². The molecule has 0 aromatic carbocycles. The van der Waals surface area contributed by atoms with E-state index in [1.54, 1.807) is 0 Å². The molecule has 3 aliphatic carbocycles. The number of hydrogen-bond acceptors (Lipinski definition) is 2. The van der Waals surface area contributed by atoms with Crippen LogP contribution in [0.2, 0.25) is 0 Å². The van der Waals surface area contributed by atoms with Gasteiger partial charge in [-0.3, -0.25) is 9.59 Å². The van der Waals surface area contributed by atoms with Crippen LogP contribution in [-0.2, 0) is 9.59 Å². The predicted octanol–water partition coefficient (Wildman–Crippen LogP) is 2.42. The molecule has 0 unspecified atom stereocenters. The van der Waals surface area contributed by atoms with Gasteiger partial charge in [0.25, 0.3) is 0 Å². The molecule has 4 fully saturated rings. The van der Waals surface area contributed by atoms with Gasteiger partial charge >= 0.3 is 5.97 Å². The van der Waals surface area contributed by atoms with Crippen molar-refractivity contribution in [1.82, 2.24) is 4.90 Å². The normalized spacial score (nSPS) is 38.2. The van der Waals surface area contributed by atoms with Crippen molar-refractivity contribution in [2.75, 3.05) is 13.1 Å². The first kappa shape index (κ1) is 12.9. The molecule has 2 bridgehead atoms. The molecule has 4 rings (SSSR count). The fraction of sp³-hybridized carbons (Fsp3) is 0.867. The van der Waals surface area contributed by atoms with Gasteiger partial charge in [0, 0.05) is 18.5 Å². The summed E-state index contributed by atoms with van der Waals surface area (Å²) in [6, 6.07) is 0. The Morgan fingerprint density at radius 2 is 1.26 bits per heavy atom. The van der Waals surface area contributed by atoms with Crippen molar-refractivity contribution in [2.24, 2.45) is 10.8 Å². The predicted molar refractivity (Wildman–Crippen MR) is 70.6 cm³/mol. The number of carboxylic acids is 1. The van der Waals surface area contributed by atoms with Crippen molar-refractivity contribution in [3.8, 4) is 0 Å². The number of aliphatic carboxylic acids is 1. The number of amides is 1. The Hall–Kier alpha value is -1.06. The molecule has 4 nitrogen and oxygen atoms in total. The summed E-state index contributed by atoms with van der Waals surface area (Å²) in [5, 5.41) is 9.39. The average Bonchev–Trinajstić information content (AvgIpc) is 2.49. The lowest BCUT2D eigenvalue weighted by molar-refractivity contribution is -0.167. The highest BCUT2D eigenvalue weighted by Gasteiger charge is 2.56. The van der Waals surface area contributed by atoms with Crippen LogP contribution >= 0.6 is 0 Å². The van der Waals surface area contributed by atoms with Gasteiger partial charge in [0.1, 0.15) is 0 Å². The number of carbonyl (C=O) groups is 2. The van der Waals surface area contributed by atoms with E-state index in [-0.39, 0.29) is 5.41 Å². The number of hydrogen-bond donors (Lipinski definition) is 1. The van der Waals surface area contributed by atoms with Crippen LogP contribution in [0.5, 0.6) is 0 Å². The first-order chi connectivity index (χ1) is 9.08. The number of piperidine rings is 1. The summed E-state index contributed by atoms with van der Waals surface area (Å²) < 4.78 is 0. The molecule has 4 aliphatic rings. The summed E-state index contributed by atoms with van der Waals surface area (Å²) in [5.41, 5.74) is -0.724. The van der Waals surface area contributed by atoms with Crippen LogP contribution in [0.15, 0.2) is 0 Å². The second-order valence-electron chi connectivity index (χ2n) is 6.72. The van der Waals surface area contributed by atoms with Gasteiger partial charge in [0.15, 0.2) is 0 Å². The Labute approximate surface area is 114 Å². The van der Waals surface area contributed by atoms with E-state index >= 15 is 0 Å². The number of fused-ring (bicyclic) bond motifs is 3. The van der Waals surface area contributed by atoms with Gasteiger partial charge in [-0.05, 0) is 57.8 Å². The van der Waals surface area contributed by atoms with Crippen molar-refractivity contribution >= 4 is 11.9 Å². The summed E-state index contributed by atoms with van der Waals surface area (Å²) in [4.78, 5) is 26.2. The third-order valence-corrected chi connectivity index (χ3v) is 5.80. The molecule has 19 heavy (non-hydrogen) atoms. The maximum absolute atomic E-state index is 12.8. The Morgan fingerprint density at radius 3 is 1.74 bits per heavy atom. The largest absolute Gasteiger partial charge is 0.481 e. The molecule has 0 aromatic heterocycles. The molecular formula is C15H23NO3. The van der Waals surface area contributed by atoms with Crippen LogP contribution < -0.4 is 0 Å². The molecule has 1 aliphatic heterocycles. The zero-order valence-corrected chi connectivity index (χ0v) is 11.5. The average molecular weight is 265 g/mol. The monoisotopic (exact) mass is 265 g/mol. The first-order valence-electron chi connectivity index (χ1n) is 7.61. The van der Waals surface area contributed by atoms with Crippen LogP contribution in [0.25, 0.3) is 0 Å². The minimum absolute atomic E-state index is 0.214. The maximum Gasteiger partial charge on any atom is 0.309 e. The minimum atomic E-state index is -0.647. The Morgan fingerprint density at radius 1 is 0.789 bits per heavy atom.